The molecule has 7 heteroatoms. The Morgan fingerprint density at radius 2 is 1.92 bits per heavy atom. The molecule has 0 aliphatic heterocycles. The molecule has 0 bridgehead atoms. The molecule has 0 saturated carbocycles. The summed E-state index contributed by atoms with van der Waals surface area (Å²) in [5, 5.41) is 7.20. The minimum absolute atomic E-state index is 0.121. The normalized spacial score (nSPS) is 10.7. The third-order valence-electron chi connectivity index (χ3n) is 4.02. The summed E-state index contributed by atoms with van der Waals surface area (Å²) < 4.78 is 1.84. The van der Waals surface area contributed by atoms with Crippen LogP contribution < -0.4 is 10.9 Å². The number of hydrogen-bond acceptors (Lipinski definition) is 4. The molecule has 0 aliphatic rings. The lowest BCUT2D eigenvalue weighted by Gasteiger charge is -2.07. The minimum atomic E-state index is -0.151. The molecule has 2 N–H and O–H groups in total. The quantitative estimate of drug-likeness (QED) is 0.665. The number of aromatic nitrogens is 4. The molecule has 0 atom stereocenters. The monoisotopic (exact) mass is 351 g/mol. The molecule has 0 spiro atoms. The average Bonchev–Trinajstić information content (AvgIpc) is 2.96. The highest BCUT2D eigenvalue weighted by Crippen LogP contribution is 2.16. The molecule has 0 unspecified atom stereocenters. The van der Waals surface area contributed by atoms with Crippen molar-refractivity contribution in [2.75, 3.05) is 6.54 Å². The lowest BCUT2D eigenvalue weighted by atomic mass is 10.1. The SMILES string of the molecule is Cc1nc(C)n(CCCNC(=O)c2ccc(-c3cccc(=O)[nH]3)cc2)n1. The van der Waals surface area contributed by atoms with Gasteiger partial charge in [-0.05, 0) is 44.0 Å². The van der Waals surface area contributed by atoms with Crippen LogP contribution in [0.4, 0.5) is 0 Å². The van der Waals surface area contributed by atoms with E-state index in [2.05, 4.69) is 20.4 Å². The fourth-order valence-electron chi connectivity index (χ4n) is 2.72. The molecule has 3 aromatic rings. The molecule has 0 aliphatic carbocycles. The number of aromatic amines is 1. The molecule has 1 aromatic carbocycles. The van der Waals surface area contributed by atoms with Gasteiger partial charge < -0.3 is 10.3 Å². The van der Waals surface area contributed by atoms with Gasteiger partial charge >= 0.3 is 0 Å². The van der Waals surface area contributed by atoms with Crippen LogP contribution in [0.3, 0.4) is 0 Å². The van der Waals surface area contributed by atoms with Crippen LogP contribution in [0.15, 0.2) is 47.3 Å². The van der Waals surface area contributed by atoms with Gasteiger partial charge in [0.05, 0.1) is 0 Å². The summed E-state index contributed by atoms with van der Waals surface area (Å²) in [6.07, 6.45) is 0.777. The number of benzene rings is 1. The van der Waals surface area contributed by atoms with Crippen molar-refractivity contribution in [3.63, 3.8) is 0 Å². The van der Waals surface area contributed by atoms with E-state index in [-0.39, 0.29) is 11.5 Å². The molecule has 0 radical (unpaired) electrons. The fraction of sp³-hybridized carbons (Fsp3) is 0.263. The van der Waals surface area contributed by atoms with E-state index in [4.69, 9.17) is 0 Å². The molecule has 1 amide bonds. The maximum Gasteiger partial charge on any atom is 0.251 e. The van der Waals surface area contributed by atoms with Crippen molar-refractivity contribution in [3.05, 3.63) is 70.0 Å². The second-order valence-corrected chi connectivity index (χ2v) is 6.04. The topological polar surface area (TPSA) is 92.7 Å². The van der Waals surface area contributed by atoms with Crippen LogP contribution >= 0.6 is 0 Å². The van der Waals surface area contributed by atoms with Crippen molar-refractivity contribution >= 4 is 5.91 Å². The number of rotatable bonds is 6. The number of amides is 1. The van der Waals surface area contributed by atoms with Gasteiger partial charge in [-0.2, -0.15) is 5.10 Å². The van der Waals surface area contributed by atoms with Crippen molar-refractivity contribution in [3.8, 4) is 11.3 Å². The first-order chi connectivity index (χ1) is 12.5. The van der Waals surface area contributed by atoms with Crippen LogP contribution in [0.1, 0.15) is 28.4 Å². The molecular weight excluding hydrogens is 330 g/mol. The number of carbonyl (C=O) groups excluding carboxylic acids is 1. The third kappa shape index (κ3) is 4.24. The molecule has 2 aromatic heterocycles. The summed E-state index contributed by atoms with van der Waals surface area (Å²) in [6.45, 7) is 5.05. The molecule has 3 rings (SSSR count). The number of carbonyl (C=O) groups is 1. The Bertz CT molecular complexity index is 957. The van der Waals surface area contributed by atoms with Crippen LogP contribution in [0.2, 0.25) is 0 Å². The van der Waals surface area contributed by atoms with Crippen LogP contribution in [-0.4, -0.2) is 32.2 Å². The van der Waals surface area contributed by atoms with E-state index in [9.17, 15) is 9.59 Å². The minimum Gasteiger partial charge on any atom is -0.352 e. The van der Waals surface area contributed by atoms with E-state index >= 15 is 0 Å². The van der Waals surface area contributed by atoms with Gasteiger partial charge in [-0.1, -0.05) is 18.2 Å². The third-order valence-corrected chi connectivity index (χ3v) is 4.02. The Morgan fingerprint density at radius 3 is 2.58 bits per heavy atom. The largest absolute Gasteiger partial charge is 0.352 e. The highest BCUT2D eigenvalue weighted by Gasteiger charge is 2.07. The molecule has 134 valence electrons. The molecule has 2 heterocycles. The van der Waals surface area contributed by atoms with Crippen molar-refractivity contribution in [1.29, 1.82) is 0 Å². The van der Waals surface area contributed by atoms with Gasteiger partial charge in [-0.15, -0.1) is 0 Å². The lowest BCUT2D eigenvalue weighted by molar-refractivity contribution is 0.0952. The van der Waals surface area contributed by atoms with Gasteiger partial charge in [-0.25, -0.2) is 4.98 Å². The van der Waals surface area contributed by atoms with E-state index in [1.165, 1.54) is 6.07 Å². The molecular formula is C19H21N5O2. The standard InChI is InChI=1S/C19H21N5O2/c1-13-21-14(2)24(23-13)12-4-11-20-19(26)16-9-7-15(8-10-16)17-5-3-6-18(25)22-17/h3,5-10H,4,11-12H2,1-2H3,(H,20,26)(H,22,25). The van der Waals surface area contributed by atoms with Gasteiger partial charge in [0.15, 0.2) is 0 Å². The van der Waals surface area contributed by atoms with Gasteiger partial charge in [0.2, 0.25) is 5.56 Å². The Kier molecular flexibility index (Phi) is 5.26. The predicted molar refractivity (Wildman–Crippen MR) is 98.9 cm³/mol. The second-order valence-electron chi connectivity index (χ2n) is 6.04. The number of nitrogens with one attached hydrogen (secondary N) is 2. The van der Waals surface area contributed by atoms with Gasteiger partial charge in [0, 0.05) is 30.4 Å². The van der Waals surface area contributed by atoms with Crippen LogP contribution in [0.25, 0.3) is 11.3 Å². The van der Waals surface area contributed by atoms with Gasteiger partial charge in [-0.3, -0.25) is 14.3 Å². The predicted octanol–water partition coefficient (Wildman–Crippen LogP) is 2.07. The zero-order chi connectivity index (χ0) is 18.5. The van der Waals surface area contributed by atoms with Crippen molar-refractivity contribution < 1.29 is 4.79 Å². The number of H-pyrrole nitrogens is 1. The number of pyridine rings is 1. The Balaban J connectivity index is 1.53. The van der Waals surface area contributed by atoms with Crippen molar-refractivity contribution in [2.24, 2.45) is 0 Å². The summed E-state index contributed by atoms with van der Waals surface area (Å²) in [5.41, 5.74) is 2.01. The Morgan fingerprint density at radius 1 is 1.15 bits per heavy atom. The number of hydrogen-bond donors (Lipinski definition) is 2. The summed E-state index contributed by atoms with van der Waals surface area (Å²) in [5.74, 6) is 1.51. The van der Waals surface area contributed by atoms with Crippen molar-refractivity contribution in [1.82, 2.24) is 25.1 Å². The maximum atomic E-state index is 12.2. The molecule has 26 heavy (non-hydrogen) atoms. The highest BCUT2D eigenvalue weighted by molar-refractivity contribution is 5.94. The van der Waals surface area contributed by atoms with E-state index in [0.717, 1.165) is 29.3 Å². The summed E-state index contributed by atoms with van der Waals surface area (Å²) >= 11 is 0. The van der Waals surface area contributed by atoms with Gasteiger partial charge in [0.25, 0.3) is 5.91 Å². The van der Waals surface area contributed by atoms with E-state index in [1.807, 2.05) is 36.7 Å². The van der Waals surface area contributed by atoms with Crippen LogP contribution in [0, 0.1) is 13.8 Å². The van der Waals surface area contributed by atoms with Crippen LogP contribution in [-0.2, 0) is 6.54 Å². The first kappa shape index (κ1) is 17.6. The number of aryl methyl sites for hydroxylation is 3. The first-order valence-electron chi connectivity index (χ1n) is 8.49. The van der Waals surface area contributed by atoms with E-state index in [0.29, 0.717) is 18.7 Å². The smallest absolute Gasteiger partial charge is 0.251 e. The average molecular weight is 351 g/mol. The summed E-state index contributed by atoms with van der Waals surface area (Å²) in [6, 6.07) is 12.1. The molecule has 0 saturated heterocycles. The second kappa shape index (κ2) is 7.77. The Labute approximate surface area is 151 Å². The zero-order valence-corrected chi connectivity index (χ0v) is 14.8. The number of nitrogens with zero attached hydrogens (tertiary/aromatic N) is 3. The van der Waals surface area contributed by atoms with E-state index in [1.54, 1.807) is 18.2 Å². The molecule has 7 nitrogen and oxygen atoms in total. The Hall–Kier alpha value is -3.22. The zero-order valence-electron chi connectivity index (χ0n) is 14.8. The highest BCUT2D eigenvalue weighted by atomic mass is 16.1. The summed E-state index contributed by atoms with van der Waals surface area (Å²) in [7, 11) is 0. The van der Waals surface area contributed by atoms with Crippen molar-refractivity contribution in [2.45, 2.75) is 26.8 Å². The first-order valence-corrected chi connectivity index (χ1v) is 8.49. The molecule has 0 fully saturated rings. The maximum absolute atomic E-state index is 12.2. The van der Waals surface area contributed by atoms with Gasteiger partial charge in [0.1, 0.15) is 11.6 Å². The van der Waals surface area contributed by atoms with Crippen LogP contribution in [0.5, 0.6) is 0 Å². The summed E-state index contributed by atoms with van der Waals surface area (Å²) in [4.78, 5) is 30.6. The van der Waals surface area contributed by atoms with E-state index < -0.39 is 0 Å². The lowest BCUT2D eigenvalue weighted by Crippen LogP contribution is -2.25. The fourth-order valence-corrected chi connectivity index (χ4v) is 2.72.